The minimum Gasteiger partial charge on any atom is -0.0654 e. The van der Waals surface area contributed by atoms with Crippen LogP contribution in [-0.2, 0) is 5.41 Å². The fourth-order valence-electron chi connectivity index (χ4n) is 9.65. The lowest BCUT2D eigenvalue weighted by Crippen LogP contribution is -2.25. The van der Waals surface area contributed by atoms with E-state index in [-0.39, 0.29) is 5.41 Å². The van der Waals surface area contributed by atoms with Crippen molar-refractivity contribution in [2.24, 2.45) is 0 Å². The second kappa shape index (κ2) is 14.3. The van der Waals surface area contributed by atoms with Crippen molar-refractivity contribution in [1.82, 2.24) is 0 Å². The summed E-state index contributed by atoms with van der Waals surface area (Å²) in [6.07, 6.45) is 18.7. The van der Waals surface area contributed by atoms with E-state index in [1.165, 1.54) is 167 Å². The van der Waals surface area contributed by atoms with Crippen molar-refractivity contribution in [1.29, 1.82) is 0 Å². The average Bonchev–Trinajstić information content (AvgIpc) is 3.36. The van der Waals surface area contributed by atoms with Gasteiger partial charge in [-0.3, -0.25) is 0 Å². The van der Waals surface area contributed by atoms with Crippen LogP contribution in [0.25, 0.3) is 54.6 Å². The van der Waals surface area contributed by atoms with Crippen molar-refractivity contribution in [3.63, 3.8) is 0 Å². The van der Waals surface area contributed by atoms with Crippen LogP contribution in [0.2, 0.25) is 0 Å². The zero-order valence-corrected chi connectivity index (χ0v) is 31.3. The lowest BCUT2D eigenvalue weighted by atomic mass is 9.70. The van der Waals surface area contributed by atoms with Crippen LogP contribution in [-0.4, -0.2) is 0 Å². The van der Waals surface area contributed by atoms with Gasteiger partial charge in [0.05, 0.1) is 0 Å². The maximum absolute atomic E-state index is 2.65. The van der Waals surface area contributed by atoms with Crippen molar-refractivity contribution in [2.75, 3.05) is 0 Å². The quantitative estimate of drug-likeness (QED) is 0.0769. The average molecular weight is 647 g/mol. The molecule has 0 fully saturated rings. The molecular formula is C49H58. The first-order chi connectivity index (χ1) is 23.9. The highest BCUT2D eigenvalue weighted by atomic mass is 14.5. The van der Waals surface area contributed by atoms with Crippen LogP contribution in [0.4, 0.5) is 0 Å². The highest BCUT2D eigenvalue weighted by Gasteiger charge is 2.42. The Morgan fingerprint density at radius 3 is 1.47 bits per heavy atom. The molecule has 6 aromatic carbocycles. The standard InChI is InChI=1S/C49H58/c1-7-9-11-13-15-17-27-49(28-18-16-14-12-10-8-2)45-29-33(3)19-21-41(45)42-22-20-37(32-46(42)49)44-31-36(6)40-24-23-38-34(4)30-35(5)39-25-26-43(44)48(40)47(38)39/h19-26,29-32H,7-18,27-28H2,1-6H3. The van der Waals surface area contributed by atoms with Gasteiger partial charge >= 0.3 is 0 Å². The number of rotatable bonds is 15. The number of hydrogen-bond acceptors (Lipinski definition) is 0. The molecule has 0 amide bonds. The van der Waals surface area contributed by atoms with Gasteiger partial charge in [-0.15, -0.1) is 0 Å². The van der Waals surface area contributed by atoms with Crippen molar-refractivity contribution in [3.8, 4) is 22.3 Å². The van der Waals surface area contributed by atoms with Crippen LogP contribution in [0.15, 0.2) is 72.8 Å². The summed E-state index contributed by atoms with van der Waals surface area (Å²) in [5, 5.41) is 8.47. The molecule has 0 nitrogen and oxygen atoms in total. The summed E-state index contributed by atoms with van der Waals surface area (Å²) >= 11 is 0. The molecule has 1 aliphatic carbocycles. The Morgan fingerprint density at radius 1 is 0.408 bits per heavy atom. The molecule has 0 heteroatoms. The highest BCUT2D eigenvalue weighted by molar-refractivity contribution is 6.27. The molecule has 7 rings (SSSR count). The van der Waals surface area contributed by atoms with Crippen LogP contribution in [0.5, 0.6) is 0 Å². The van der Waals surface area contributed by atoms with Crippen LogP contribution < -0.4 is 0 Å². The molecule has 0 bridgehead atoms. The van der Waals surface area contributed by atoms with Gasteiger partial charge < -0.3 is 0 Å². The fourth-order valence-corrected chi connectivity index (χ4v) is 9.65. The SMILES string of the molecule is CCCCCCCCC1(CCCCCCCC)c2cc(C)ccc2-c2ccc(-c3cc(C)c4ccc5c(C)cc(C)c6ccc3c4c56)cc21. The van der Waals surface area contributed by atoms with Crippen molar-refractivity contribution in [2.45, 2.75) is 137 Å². The number of benzene rings is 6. The molecule has 0 aromatic heterocycles. The minimum atomic E-state index is 0.0925. The van der Waals surface area contributed by atoms with Gasteiger partial charge in [0.2, 0.25) is 0 Å². The summed E-state index contributed by atoms with van der Waals surface area (Å²) in [5.74, 6) is 0. The van der Waals surface area contributed by atoms with E-state index in [0.717, 1.165) is 0 Å². The molecule has 6 aromatic rings. The van der Waals surface area contributed by atoms with E-state index >= 15 is 0 Å². The summed E-state index contributed by atoms with van der Waals surface area (Å²) in [6, 6.07) is 29.3. The van der Waals surface area contributed by atoms with Gasteiger partial charge in [0, 0.05) is 5.41 Å². The van der Waals surface area contributed by atoms with Crippen LogP contribution in [0.3, 0.4) is 0 Å². The van der Waals surface area contributed by atoms with Crippen LogP contribution in [0.1, 0.15) is 137 Å². The molecule has 0 saturated carbocycles. The summed E-state index contributed by atoms with van der Waals surface area (Å²) in [7, 11) is 0. The van der Waals surface area contributed by atoms with Gasteiger partial charge in [-0.25, -0.2) is 0 Å². The molecule has 0 heterocycles. The summed E-state index contributed by atoms with van der Waals surface area (Å²) < 4.78 is 0. The molecule has 0 saturated heterocycles. The number of aryl methyl sites for hydroxylation is 4. The highest BCUT2D eigenvalue weighted by Crippen LogP contribution is 2.55. The molecule has 0 spiro atoms. The smallest absolute Gasteiger partial charge is 0.0215 e. The van der Waals surface area contributed by atoms with E-state index in [9.17, 15) is 0 Å². The Balaban J connectivity index is 1.37. The number of hydrogen-bond donors (Lipinski definition) is 0. The fraction of sp³-hybridized carbons (Fsp3) is 0.429. The zero-order chi connectivity index (χ0) is 34.1. The summed E-state index contributed by atoms with van der Waals surface area (Å²) in [6.45, 7) is 13.8. The van der Waals surface area contributed by atoms with Crippen molar-refractivity contribution < 1.29 is 0 Å². The van der Waals surface area contributed by atoms with Crippen molar-refractivity contribution in [3.05, 3.63) is 106 Å². The van der Waals surface area contributed by atoms with Crippen LogP contribution in [0, 0.1) is 27.7 Å². The lowest BCUT2D eigenvalue weighted by molar-refractivity contribution is 0.398. The zero-order valence-electron chi connectivity index (χ0n) is 31.3. The van der Waals surface area contributed by atoms with E-state index in [2.05, 4.69) is 114 Å². The van der Waals surface area contributed by atoms with Gasteiger partial charge in [0.15, 0.2) is 0 Å². The predicted molar refractivity (Wildman–Crippen MR) is 217 cm³/mol. The van der Waals surface area contributed by atoms with Crippen LogP contribution >= 0.6 is 0 Å². The Labute approximate surface area is 296 Å². The third kappa shape index (κ3) is 6.09. The largest absolute Gasteiger partial charge is 0.0654 e. The summed E-state index contributed by atoms with van der Waals surface area (Å²) in [5.41, 5.74) is 14.6. The minimum absolute atomic E-state index is 0.0925. The van der Waals surface area contributed by atoms with E-state index in [0.29, 0.717) is 0 Å². The van der Waals surface area contributed by atoms with Gasteiger partial charge in [-0.05, 0) is 129 Å². The molecule has 0 N–H and O–H groups in total. The summed E-state index contributed by atoms with van der Waals surface area (Å²) in [4.78, 5) is 0. The van der Waals surface area contributed by atoms with E-state index < -0.39 is 0 Å². The molecule has 254 valence electrons. The molecule has 0 unspecified atom stereocenters. The Kier molecular flexibility index (Phi) is 9.88. The van der Waals surface area contributed by atoms with E-state index in [4.69, 9.17) is 0 Å². The maximum atomic E-state index is 2.65. The third-order valence-electron chi connectivity index (χ3n) is 12.3. The molecular weight excluding hydrogens is 589 g/mol. The maximum Gasteiger partial charge on any atom is 0.0215 e. The first kappa shape index (κ1) is 33.8. The van der Waals surface area contributed by atoms with Gasteiger partial charge in [0.1, 0.15) is 0 Å². The number of fused-ring (bicyclic) bond motifs is 3. The topological polar surface area (TPSA) is 0 Å². The lowest BCUT2D eigenvalue weighted by Gasteiger charge is -2.33. The molecule has 49 heavy (non-hydrogen) atoms. The van der Waals surface area contributed by atoms with E-state index in [1.54, 1.807) is 11.1 Å². The molecule has 0 atom stereocenters. The Bertz CT molecular complexity index is 2050. The Morgan fingerprint density at radius 2 is 0.878 bits per heavy atom. The first-order valence-corrected chi connectivity index (χ1v) is 19.8. The molecule has 0 aliphatic heterocycles. The van der Waals surface area contributed by atoms with Gasteiger partial charge in [-0.2, -0.15) is 0 Å². The first-order valence-electron chi connectivity index (χ1n) is 19.8. The molecule has 0 radical (unpaired) electrons. The van der Waals surface area contributed by atoms with Gasteiger partial charge in [-0.1, -0.05) is 163 Å². The van der Waals surface area contributed by atoms with Crippen molar-refractivity contribution >= 4 is 32.3 Å². The second-order valence-electron chi connectivity index (χ2n) is 15.7. The normalized spacial score (nSPS) is 13.6. The van der Waals surface area contributed by atoms with Gasteiger partial charge in [0.25, 0.3) is 0 Å². The van der Waals surface area contributed by atoms with E-state index in [1.807, 2.05) is 0 Å². The Hall–Kier alpha value is -3.64. The monoisotopic (exact) mass is 646 g/mol. The third-order valence-corrected chi connectivity index (χ3v) is 12.3. The second-order valence-corrected chi connectivity index (χ2v) is 15.7. The molecule has 1 aliphatic rings. The number of unbranched alkanes of at least 4 members (excludes halogenated alkanes) is 10. The predicted octanol–water partition coefficient (Wildman–Crippen LogP) is 15.3.